The number of nitrogens with one attached hydrogen (secondary N) is 1. The van der Waals surface area contributed by atoms with Gasteiger partial charge >= 0.3 is 0 Å². The zero-order chi connectivity index (χ0) is 17.4. The number of anilines is 2. The van der Waals surface area contributed by atoms with E-state index in [2.05, 4.69) is 40.6 Å². The molecule has 4 rings (SSSR count). The van der Waals surface area contributed by atoms with E-state index in [0.717, 1.165) is 41.4 Å². The van der Waals surface area contributed by atoms with Crippen LogP contribution in [0.1, 0.15) is 11.1 Å². The van der Waals surface area contributed by atoms with Crippen molar-refractivity contribution in [2.75, 3.05) is 30.9 Å². The third-order valence-corrected chi connectivity index (χ3v) is 4.53. The summed E-state index contributed by atoms with van der Waals surface area (Å²) in [5, 5.41) is 17.3. The summed E-state index contributed by atoms with van der Waals surface area (Å²) in [6, 6.07) is 18.1. The first-order valence-corrected chi connectivity index (χ1v) is 8.31. The first-order chi connectivity index (χ1) is 12.2. The molecule has 5 nitrogen and oxygen atoms in total. The second-order valence-corrected chi connectivity index (χ2v) is 6.37. The van der Waals surface area contributed by atoms with Crippen LogP contribution < -0.4 is 10.2 Å². The third kappa shape index (κ3) is 2.62. The van der Waals surface area contributed by atoms with Crippen LogP contribution in [0.3, 0.4) is 0 Å². The van der Waals surface area contributed by atoms with Gasteiger partial charge in [-0.15, -0.1) is 0 Å². The maximum atomic E-state index is 8.99. The Bertz CT molecular complexity index is 961. The summed E-state index contributed by atoms with van der Waals surface area (Å²) in [5.41, 5.74) is 6.16. The Morgan fingerprint density at radius 2 is 1.96 bits per heavy atom. The molecule has 0 spiro atoms. The molecule has 1 aliphatic heterocycles. The predicted molar refractivity (Wildman–Crippen MR) is 100 cm³/mol. The van der Waals surface area contributed by atoms with Gasteiger partial charge in [0.15, 0.2) is 0 Å². The van der Waals surface area contributed by atoms with Gasteiger partial charge in [0.1, 0.15) is 5.82 Å². The summed E-state index contributed by atoms with van der Waals surface area (Å²) < 4.78 is 1.95. The summed E-state index contributed by atoms with van der Waals surface area (Å²) in [5.74, 6) is 1.05. The summed E-state index contributed by atoms with van der Waals surface area (Å²) in [6.07, 6.45) is 0.965. The van der Waals surface area contributed by atoms with Crippen LogP contribution in [0.4, 0.5) is 11.5 Å². The Balaban J connectivity index is 1.83. The van der Waals surface area contributed by atoms with Crippen molar-refractivity contribution >= 4 is 11.5 Å². The zero-order valence-corrected chi connectivity index (χ0v) is 14.3. The summed E-state index contributed by atoms with van der Waals surface area (Å²) in [4.78, 5) is 2.10. The van der Waals surface area contributed by atoms with Gasteiger partial charge in [0.05, 0.1) is 23.0 Å². The van der Waals surface area contributed by atoms with Gasteiger partial charge in [0.25, 0.3) is 0 Å². The monoisotopic (exact) mass is 329 g/mol. The number of nitriles is 1. The highest BCUT2D eigenvalue weighted by Crippen LogP contribution is 2.35. The number of benzene rings is 2. The maximum absolute atomic E-state index is 8.99. The van der Waals surface area contributed by atoms with Crippen molar-refractivity contribution in [3.8, 4) is 23.0 Å². The number of rotatable bonds is 3. The second kappa shape index (κ2) is 5.99. The van der Waals surface area contributed by atoms with Crippen LogP contribution in [0.25, 0.3) is 16.9 Å². The molecule has 0 aliphatic carbocycles. The van der Waals surface area contributed by atoms with E-state index in [1.807, 2.05) is 43.0 Å². The minimum absolute atomic E-state index is 0.652. The van der Waals surface area contributed by atoms with E-state index in [4.69, 9.17) is 10.4 Å². The molecule has 0 saturated carbocycles. The van der Waals surface area contributed by atoms with E-state index in [1.54, 1.807) is 0 Å². The molecule has 124 valence electrons. The first kappa shape index (κ1) is 15.3. The van der Waals surface area contributed by atoms with Gasteiger partial charge < -0.3 is 10.2 Å². The van der Waals surface area contributed by atoms with Crippen molar-refractivity contribution in [2.45, 2.75) is 6.42 Å². The van der Waals surface area contributed by atoms with E-state index in [1.165, 1.54) is 5.56 Å². The van der Waals surface area contributed by atoms with Crippen molar-refractivity contribution in [3.05, 3.63) is 59.7 Å². The fourth-order valence-corrected chi connectivity index (χ4v) is 3.20. The molecular formula is C20H19N5. The van der Waals surface area contributed by atoms with Crippen LogP contribution >= 0.6 is 0 Å². The Morgan fingerprint density at radius 1 is 1.16 bits per heavy atom. The SMILES string of the molecule is CN(C)c1cccc(-c2nn(-c3ccc(C#N)cc3)c3c2CCN3)c1. The summed E-state index contributed by atoms with van der Waals surface area (Å²) in [6.45, 7) is 0.920. The smallest absolute Gasteiger partial charge is 0.133 e. The highest BCUT2D eigenvalue weighted by Gasteiger charge is 2.24. The summed E-state index contributed by atoms with van der Waals surface area (Å²) >= 11 is 0. The molecule has 0 atom stereocenters. The van der Waals surface area contributed by atoms with Gasteiger partial charge in [0, 0.05) is 37.5 Å². The van der Waals surface area contributed by atoms with E-state index in [9.17, 15) is 0 Å². The van der Waals surface area contributed by atoms with Crippen molar-refractivity contribution in [3.63, 3.8) is 0 Å². The van der Waals surface area contributed by atoms with Crippen LogP contribution in [0.2, 0.25) is 0 Å². The molecule has 25 heavy (non-hydrogen) atoms. The van der Waals surface area contributed by atoms with Crippen LogP contribution in [0, 0.1) is 11.3 Å². The largest absolute Gasteiger partial charge is 0.378 e. The van der Waals surface area contributed by atoms with Gasteiger partial charge in [-0.2, -0.15) is 10.4 Å². The molecule has 0 amide bonds. The quantitative estimate of drug-likeness (QED) is 0.800. The predicted octanol–water partition coefficient (Wildman–Crippen LogP) is 3.44. The van der Waals surface area contributed by atoms with E-state index in [-0.39, 0.29) is 0 Å². The van der Waals surface area contributed by atoms with Gasteiger partial charge in [-0.25, -0.2) is 4.68 Å². The summed E-state index contributed by atoms with van der Waals surface area (Å²) in [7, 11) is 4.08. The standard InChI is InChI=1S/C20H19N5/c1-24(2)17-5-3-4-15(12-17)19-18-10-11-22-20(18)25(23-19)16-8-6-14(13-21)7-9-16/h3-9,12,22H,10-11H2,1-2H3. The average Bonchev–Trinajstić information content (AvgIpc) is 3.24. The molecule has 0 unspecified atom stereocenters. The van der Waals surface area contributed by atoms with E-state index >= 15 is 0 Å². The lowest BCUT2D eigenvalue weighted by atomic mass is 10.1. The lowest BCUT2D eigenvalue weighted by Crippen LogP contribution is -2.08. The highest BCUT2D eigenvalue weighted by molar-refractivity contribution is 5.75. The lowest BCUT2D eigenvalue weighted by Gasteiger charge is -2.13. The normalized spacial score (nSPS) is 12.4. The third-order valence-electron chi connectivity index (χ3n) is 4.53. The van der Waals surface area contributed by atoms with Gasteiger partial charge in [0.2, 0.25) is 0 Å². The Hall–Kier alpha value is -3.26. The fourth-order valence-electron chi connectivity index (χ4n) is 3.20. The van der Waals surface area contributed by atoms with E-state index in [0.29, 0.717) is 5.56 Å². The highest BCUT2D eigenvalue weighted by atomic mass is 15.3. The van der Waals surface area contributed by atoms with Crippen molar-refractivity contribution < 1.29 is 0 Å². The molecule has 3 aromatic rings. The maximum Gasteiger partial charge on any atom is 0.133 e. The van der Waals surface area contributed by atoms with Crippen LogP contribution in [0.15, 0.2) is 48.5 Å². The Labute approximate surface area is 147 Å². The molecule has 1 aliphatic rings. The molecule has 1 N–H and O–H groups in total. The van der Waals surface area contributed by atoms with Crippen LogP contribution in [-0.2, 0) is 6.42 Å². The second-order valence-electron chi connectivity index (χ2n) is 6.37. The zero-order valence-electron chi connectivity index (χ0n) is 14.3. The average molecular weight is 329 g/mol. The molecule has 0 fully saturated rings. The molecule has 2 aromatic carbocycles. The molecule has 5 heteroatoms. The number of hydrogen-bond donors (Lipinski definition) is 1. The molecule has 2 heterocycles. The van der Waals surface area contributed by atoms with Crippen molar-refractivity contribution in [1.82, 2.24) is 9.78 Å². The lowest BCUT2D eigenvalue weighted by molar-refractivity contribution is 0.882. The molecule has 0 bridgehead atoms. The molecular weight excluding hydrogens is 310 g/mol. The van der Waals surface area contributed by atoms with Crippen LogP contribution in [-0.4, -0.2) is 30.4 Å². The number of hydrogen-bond acceptors (Lipinski definition) is 4. The molecule has 1 aromatic heterocycles. The minimum Gasteiger partial charge on any atom is -0.378 e. The number of aromatic nitrogens is 2. The Morgan fingerprint density at radius 3 is 2.68 bits per heavy atom. The van der Waals surface area contributed by atoms with E-state index < -0.39 is 0 Å². The fraction of sp³-hybridized carbons (Fsp3) is 0.200. The van der Waals surface area contributed by atoms with Gasteiger partial charge in [-0.05, 0) is 42.8 Å². The molecule has 0 radical (unpaired) electrons. The molecule has 0 saturated heterocycles. The Kier molecular flexibility index (Phi) is 3.66. The van der Waals surface area contributed by atoms with Crippen molar-refractivity contribution in [1.29, 1.82) is 5.26 Å². The van der Waals surface area contributed by atoms with Gasteiger partial charge in [-0.3, -0.25) is 0 Å². The topological polar surface area (TPSA) is 56.9 Å². The minimum atomic E-state index is 0.652. The van der Waals surface area contributed by atoms with Gasteiger partial charge in [-0.1, -0.05) is 12.1 Å². The van der Waals surface area contributed by atoms with Crippen LogP contribution in [0.5, 0.6) is 0 Å². The number of nitrogens with zero attached hydrogens (tertiary/aromatic N) is 4. The number of fused-ring (bicyclic) bond motifs is 1. The first-order valence-electron chi connectivity index (χ1n) is 8.31. The van der Waals surface area contributed by atoms with Crippen molar-refractivity contribution in [2.24, 2.45) is 0 Å².